The van der Waals surface area contributed by atoms with Crippen LogP contribution in [0.2, 0.25) is 0 Å². The summed E-state index contributed by atoms with van der Waals surface area (Å²) in [4.78, 5) is 22.4. The van der Waals surface area contributed by atoms with Crippen LogP contribution in [0.3, 0.4) is 0 Å². The monoisotopic (exact) mass is 320 g/mol. The highest BCUT2D eigenvalue weighted by atomic mass is 16.1. The van der Waals surface area contributed by atoms with E-state index in [0.717, 1.165) is 30.6 Å². The predicted molar refractivity (Wildman–Crippen MR) is 95.0 cm³/mol. The second-order valence-corrected chi connectivity index (χ2v) is 6.38. The zero-order chi connectivity index (χ0) is 16.5. The molecule has 1 N–H and O–H groups in total. The Morgan fingerprint density at radius 2 is 2.00 bits per heavy atom. The third-order valence-corrected chi connectivity index (χ3v) is 4.66. The Hall–Kier alpha value is -2.53. The molecule has 1 fully saturated rings. The van der Waals surface area contributed by atoms with Crippen LogP contribution in [-0.2, 0) is 0 Å². The molecule has 1 aliphatic rings. The first-order valence-corrected chi connectivity index (χ1v) is 8.40. The number of pyridine rings is 1. The molecule has 1 aromatic carbocycles. The second-order valence-electron chi connectivity index (χ2n) is 6.38. The molecule has 0 saturated carbocycles. The molecule has 1 aliphatic heterocycles. The number of benzene rings is 1. The Balaban J connectivity index is 1.98. The zero-order valence-electron chi connectivity index (χ0n) is 13.6. The minimum atomic E-state index is 0.0281. The van der Waals surface area contributed by atoms with Gasteiger partial charge in [-0.1, -0.05) is 18.2 Å². The van der Waals surface area contributed by atoms with E-state index in [1.807, 2.05) is 47.0 Å². The van der Waals surface area contributed by atoms with Crippen molar-refractivity contribution in [3.8, 4) is 11.5 Å². The van der Waals surface area contributed by atoms with Gasteiger partial charge in [-0.3, -0.25) is 14.3 Å². The van der Waals surface area contributed by atoms with Gasteiger partial charge in [0.15, 0.2) is 5.82 Å². The number of aromatic nitrogens is 3. The molecule has 0 radical (unpaired) electrons. The summed E-state index contributed by atoms with van der Waals surface area (Å²) in [5.74, 6) is 0.665. The normalized spacial score (nSPS) is 21.0. The molecular formula is C19H20N4O. The smallest absolute Gasteiger partial charge is 0.261 e. The van der Waals surface area contributed by atoms with Crippen molar-refractivity contribution in [1.82, 2.24) is 19.9 Å². The summed E-state index contributed by atoms with van der Waals surface area (Å²) in [6.07, 6.45) is 3.58. The van der Waals surface area contributed by atoms with Gasteiger partial charge in [-0.2, -0.15) is 0 Å². The van der Waals surface area contributed by atoms with Crippen molar-refractivity contribution < 1.29 is 0 Å². The van der Waals surface area contributed by atoms with Gasteiger partial charge in [0.05, 0.1) is 10.9 Å². The first-order valence-electron chi connectivity index (χ1n) is 8.40. The molecule has 5 heteroatoms. The van der Waals surface area contributed by atoms with Crippen molar-refractivity contribution in [2.75, 3.05) is 6.54 Å². The summed E-state index contributed by atoms with van der Waals surface area (Å²) in [7, 11) is 0. The van der Waals surface area contributed by atoms with E-state index in [0.29, 0.717) is 17.3 Å². The Morgan fingerprint density at radius 3 is 2.79 bits per heavy atom. The van der Waals surface area contributed by atoms with Crippen LogP contribution < -0.4 is 10.9 Å². The lowest BCUT2D eigenvalue weighted by Crippen LogP contribution is -2.40. The van der Waals surface area contributed by atoms with Crippen molar-refractivity contribution in [3.63, 3.8) is 0 Å². The average Bonchev–Trinajstić information content (AvgIpc) is 2.62. The zero-order valence-corrected chi connectivity index (χ0v) is 13.6. The first-order chi connectivity index (χ1) is 11.7. The second kappa shape index (κ2) is 6.17. The lowest BCUT2D eigenvalue weighted by molar-refractivity contribution is 0.309. The Labute approximate surface area is 140 Å². The summed E-state index contributed by atoms with van der Waals surface area (Å²) >= 11 is 0. The van der Waals surface area contributed by atoms with E-state index in [1.165, 1.54) is 0 Å². The number of fused-ring (bicyclic) bond motifs is 1. The molecule has 3 heterocycles. The summed E-state index contributed by atoms with van der Waals surface area (Å²) < 4.78 is 1.86. The minimum absolute atomic E-state index is 0.0281. The van der Waals surface area contributed by atoms with E-state index in [1.54, 1.807) is 6.20 Å². The highest BCUT2D eigenvalue weighted by Gasteiger charge is 2.25. The first kappa shape index (κ1) is 15.0. The quantitative estimate of drug-likeness (QED) is 0.789. The van der Waals surface area contributed by atoms with E-state index in [4.69, 9.17) is 4.98 Å². The molecule has 2 aromatic heterocycles. The maximum absolute atomic E-state index is 13.2. The van der Waals surface area contributed by atoms with Crippen LogP contribution in [-0.4, -0.2) is 27.1 Å². The number of hydrogen-bond donors (Lipinski definition) is 1. The van der Waals surface area contributed by atoms with Gasteiger partial charge in [-0.15, -0.1) is 0 Å². The van der Waals surface area contributed by atoms with E-state index in [2.05, 4.69) is 17.2 Å². The predicted octanol–water partition coefficient (Wildman–Crippen LogP) is 2.77. The topological polar surface area (TPSA) is 59.8 Å². The van der Waals surface area contributed by atoms with Crippen molar-refractivity contribution in [2.45, 2.75) is 31.8 Å². The standard InChI is InChI=1S/C19H20N4O/c1-13-12-14(9-11-20-13)23-18(17-8-4-5-10-21-17)22-16-7-3-2-6-15(16)19(23)24/h2-8,10,13-14,20H,9,11-12H2,1H3/t13-,14+/m1/s1. The van der Waals surface area contributed by atoms with Gasteiger partial charge < -0.3 is 5.32 Å². The molecule has 3 aromatic rings. The fourth-order valence-electron chi connectivity index (χ4n) is 3.50. The van der Waals surface area contributed by atoms with Crippen LogP contribution in [0.4, 0.5) is 0 Å². The maximum Gasteiger partial charge on any atom is 0.261 e. The lowest BCUT2D eigenvalue weighted by Gasteiger charge is -2.30. The molecule has 2 atom stereocenters. The van der Waals surface area contributed by atoms with Crippen LogP contribution in [0.15, 0.2) is 53.5 Å². The van der Waals surface area contributed by atoms with Gasteiger partial charge in [0.25, 0.3) is 5.56 Å². The molecule has 1 saturated heterocycles. The highest BCUT2D eigenvalue weighted by molar-refractivity contribution is 5.79. The fourth-order valence-corrected chi connectivity index (χ4v) is 3.50. The van der Waals surface area contributed by atoms with E-state index in [-0.39, 0.29) is 11.6 Å². The Bertz CT molecular complexity index is 920. The Morgan fingerprint density at radius 1 is 1.17 bits per heavy atom. The minimum Gasteiger partial charge on any atom is -0.314 e. The third-order valence-electron chi connectivity index (χ3n) is 4.66. The largest absolute Gasteiger partial charge is 0.314 e. The van der Waals surface area contributed by atoms with Gasteiger partial charge in [0.1, 0.15) is 5.69 Å². The molecule has 0 spiro atoms. The number of piperidine rings is 1. The molecule has 0 bridgehead atoms. The number of nitrogens with one attached hydrogen (secondary N) is 1. The van der Waals surface area contributed by atoms with Crippen molar-refractivity contribution in [2.24, 2.45) is 0 Å². The molecule has 122 valence electrons. The van der Waals surface area contributed by atoms with Gasteiger partial charge in [-0.05, 0) is 50.6 Å². The van der Waals surface area contributed by atoms with Crippen LogP contribution >= 0.6 is 0 Å². The average molecular weight is 320 g/mol. The van der Waals surface area contributed by atoms with Crippen LogP contribution in [0.1, 0.15) is 25.8 Å². The third kappa shape index (κ3) is 2.61. The number of hydrogen-bond acceptors (Lipinski definition) is 4. The molecule has 24 heavy (non-hydrogen) atoms. The van der Waals surface area contributed by atoms with Gasteiger partial charge in [-0.25, -0.2) is 4.98 Å². The van der Waals surface area contributed by atoms with E-state index < -0.39 is 0 Å². The van der Waals surface area contributed by atoms with Gasteiger partial charge >= 0.3 is 0 Å². The summed E-state index contributed by atoms with van der Waals surface area (Å²) in [5, 5.41) is 4.12. The van der Waals surface area contributed by atoms with Gasteiger partial charge in [0.2, 0.25) is 0 Å². The fraction of sp³-hybridized carbons (Fsp3) is 0.316. The number of para-hydroxylation sites is 1. The van der Waals surface area contributed by atoms with E-state index in [9.17, 15) is 4.79 Å². The summed E-state index contributed by atoms with van der Waals surface area (Å²) in [5.41, 5.74) is 1.49. The maximum atomic E-state index is 13.2. The highest BCUT2D eigenvalue weighted by Crippen LogP contribution is 2.26. The summed E-state index contributed by atoms with van der Waals surface area (Å²) in [6.45, 7) is 3.07. The van der Waals surface area contributed by atoms with E-state index >= 15 is 0 Å². The molecule has 0 unspecified atom stereocenters. The molecule has 5 nitrogen and oxygen atoms in total. The van der Waals surface area contributed by atoms with Crippen LogP contribution in [0, 0.1) is 0 Å². The Kier molecular flexibility index (Phi) is 3.86. The van der Waals surface area contributed by atoms with Crippen LogP contribution in [0.5, 0.6) is 0 Å². The van der Waals surface area contributed by atoms with Crippen molar-refractivity contribution in [3.05, 3.63) is 59.0 Å². The molecule has 0 amide bonds. The SMILES string of the molecule is C[C@@H]1C[C@@H](n2c(-c3ccccn3)nc3ccccc3c2=O)CCN1. The number of nitrogens with zero attached hydrogens (tertiary/aromatic N) is 3. The molecular weight excluding hydrogens is 300 g/mol. The molecule has 0 aliphatic carbocycles. The van der Waals surface area contributed by atoms with Crippen molar-refractivity contribution >= 4 is 10.9 Å². The molecule has 4 rings (SSSR count). The van der Waals surface area contributed by atoms with Crippen molar-refractivity contribution in [1.29, 1.82) is 0 Å². The lowest BCUT2D eigenvalue weighted by atomic mass is 9.99. The van der Waals surface area contributed by atoms with Crippen LogP contribution in [0.25, 0.3) is 22.4 Å². The number of rotatable bonds is 2. The summed E-state index contributed by atoms with van der Waals surface area (Å²) in [6, 6.07) is 13.8. The van der Waals surface area contributed by atoms with Gasteiger partial charge in [0, 0.05) is 18.3 Å².